The van der Waals surface area contributed by atoms with Crippen LogP contribution in [0.4, 0.5) is 8.78 Å². The third-order valence-corrected chi connectivity index (χ3v) is 8.61. The lowest BCUT2D eigenvalue weighted by atomic mass is 9.47. The van der Waals surface area contributed by atoms with Crippen LogP contribution in [0.5, 0.6) is 0 Å². The van der Waals surface area contributed by atoms with Crippen molar-refractivity contribution in [2.24, 2.45) is 34.0 Å². The lowest BCUT2D eigenvalue weighted by molar-refractivity contribution is -0.131. The van der Waals surface area contributed by atoms with Gasteiger partial charge in [0.25, 0.3) is 0 Å². The fourth-order valence-electron chi connectivity index (χ4n) is 7.40. The van der Waals surface area contributed by atoms with E-state index in [9.17, 15) is 18.7 Å². The van der Waals surface area contributed by atoms with Crippen LogP contribution in [-0.2, 0) is 4.79 Å². The minimum absolute atomic E-state index is 0.0725. The average molecular weight is 376 g/mol. The smallest absolute Gasteiger partial charge is 0.166 e. The molecule has 1 unspecified atom stereocenters. The fraction of sp³-hybridized carbons (Fsp3) is 0.696. The Kier molecular flexibility index (Phi) is 4.49. The van der Waals surface area contributed by atoms with E-state index in [0.29, 0.717) is 36.8 Å². The van der Waals surface area contributed by atoms with Crippen LogP contribution in [0.2, 0.25) is 0 Å². The molecule has 0 amide bonds. The maximum absolute atomic E-state index is 13.1. The molecule has 0 aromatic rings. The summed E-state index contributed by atoms with van der Waals surface area (Å²) in [6.45, 7) is 4.49. The Morgan fingerprint density at radius 1 is 1.15 bits per heavy atom. The average Bonchev–Trinajstić information content (AvgIpc) is 2.89. The Morgan fingerprint density at radius 2 is 1.85 bits per heavy atom. The zero-order valence-electron chi connectivity index (χ0n) is 16.3. The Labute approximate surface area is 160 Å². The zero-order valence-corrected chi connectivity index (χ0v) is 16.3. The number of fused-ring (bicyclic) bond motifs is 5. The Morgan fingerprint density at radius 3 is 2.52 bits per heavy atom. The van der Waals surface area contributed by atoms with Gasteiger partial charge in [0, 0.05) is 11.8 Å². The lowest BCUT2D eigenvalue weighted by Gasteiger charge is -2.57. The molecule has 0 aromatic carbocycles. The van der Waals surface area contributed by atoms with Crippen molar-refractivity contribution in [3.8, 4) is 0 Å². The van der Waals surface area contributed by atoms with Crippen molar-refractivity contribution in [1.29, 1.82) is 0 Å². The molecule has 0 aliphatic heterocycles. The first kappa shape index (κ1) is 19.0. The van der Waals surface area contributed by atoms with Crippen molar-refractivity contribution in [3.05, 3.63) is 36.5 Å². The summed E-state index contributed by atoms with van der Waals surface area (Å²) >= 11 is 0. The summed E-state index contributed by atoms with van der Waals surface area (Å²) in [7, 11) is 0. The lowest BCUT2D eigenvalue weighted by Crippen LogP contribution is -2.51. The Hall–Kier alpha value is -1.29. The van der Waals surface area contributed by atoms with Gasteiger partial charge in [-0.05, 0) is 85.3 Å². The second-order valence-electron chi connectivity index (χ2n) is 10.0. The highest BCUT2D eigenvalue weighted by atomic mass is 19.1. The van der Waals surface area contributed by atoms with Gasteiger partial charge in [0.05, 0.1) is 12.7 Å². The monoisotopic (exact) mass is 376 g/mol. The first-order valence-electron chi connectivity index (χ1n) is 10.2. The summed E-state index contributed by atoms with van der Waals surface area (Å²) in [5.41, 5.74) is 0.622. The van der Waals surface area contributed by atoms with Gasteiger partial charge in [-0.2, -0.15) is 0 Å². The number of allylic oxidation sites excluding steroid dienone is 3. The fourth-order valence-corrected chi connectivity index (χ4v) is 7.40. The highest BCUT2D eigenvalue weighted by Gasteiger charge is 2.60. The van der Waals surface area contributed by atoms with Crippen LogP contribution in [0.1, 0.15) is 58.8 Å². The molecule has 148 valence electrons. The first-order chi connectivity index (χ1) is 12.8. The Bertz CT molecular complexity index is 712. The minimum atomic E-state index is -0.943. The number of Topliss-reactive ketones (excluding diaryl/α,β-unsaturated/α-hetero) is 1. The highest BCUT2D eigenvalue weighted by Crippen LogP contribution is 2.68. The number of rotatable bonds is 2. The molecule has 0 bridgehead atoms. The molecule has 3 fully saturated rings. The van der Waals surface area contributed by atoms with E-state index in [1.807, 2.05) is 0 Å². The van der Waals surface area contributed by atoms with E-state index in [2.05, 4.69) is 13.8 Å². The third kappa shape index (κ3) is 2.78. The van der Waals surface area contributed by atoms with E-state index in [4.69, 9.17) is 0 Å². The second-order valence-corrected chi connectivity index (χ2v) is 10.0. The van der Waals surface area contributed by atoms with Crippen molar-refractivity contribution < 1.29 is 18.7 Å². The van der Waals surface area contributed by atoms with Gasteiger partial charge in [-0.1, -0.05) is 19.4 Å². The molecule has 1 N–H and O–H groups in total. The molecule has 27 heavy (non-hydrogen) atoms. The quantitative estimate of drug-likeness (QED) is 0.652. The van der Waals surface area contributed by atoms with Gasteiger partial charge in [-0.25, -0.2) is 8.78 Å². The van der Waals surface area contributed by atoms with Gasteiger partial charge < -0.3 is 5.11 Å². The third-order valence-electron chi connectivity index (χ3n) is 8.61. The van der Waals surface area contributed by atoms with Crippen molar-refractivity contribution in [2.45, 2.75) is 64.9 Å². The summed E-state index contributed by atoms with van der Waals surface area (Å²) in [5.74, 6) is 1.21. The van der Waals surface area contributed by atoms with E-state index in [0.717, 1.165) is 38.5 Å². The molecular formula is C23H30F2O2. The van der Waals surface area contributed by atoms with Crippen molar-refractivity contribution in [1.82, 2.24) is 0 Å². The van der Waals surface area contributed by atoms with Crippen LogP contribution in [0, 0.1) is 34.0 Å². The molecule has 0 heterocycles. The number of hydrogen-bond donors (Lipinski definition) is 1. The molecule has 0 spiro atoms. The summed E-state index contributed by atoms with van der Waals surface area (Å²) in [6, 6.07) is 0. The van der Waals surface area contributed by atoms with Crippen molar-refractivity contribution in [2.75, 3.05) is 0 Å². The highest BCUT2D eigenvalue weighted by molar-refractivity contribution is 5.87. The molecule has 2 nitrogen and oxygen atoms in total. The first-order valence-corrected chi connectivity index (χ1v) is 10.2. The van der Waals surface area contributed by atoms with Crippen molar-refractivity contribution >= 4 is 5.78 Å². The number of aliphatic hydroxyl groups excluding tert-OH is 1. The summed E-state index contributed by atoms with van der Waals surface area (Å²) in [6.07, 6.45) is 11.1. The predicted molar refractivity (Wildman–Crippen MR) is 101 cm³/mol. The van der Waals surface area contributed by atoms with Gasteiger partial charge in [-0.3, -0.25) is 4.79 Å². The minimum Gasteiger partial charge on any atom is -0.381 e. The molecule has 4 aliphatic rings. The number of carbonyl (C=O) groups is 1. The van der Waals surface area contributed by atoms with Crippen LogP contribution < -0.4 is 0 Å². The molecule has 0 radical (unpaired) electrons. The van der Waals surface area contributed by atoms with Gasteiger partial charge in [0.1, 0.15) is 6.10 Å². The van der Waals surface area contributed by atoms with Crippen LogP contribution in [-0.4, -0.2) is 17.0 Å². The second kappa shape index (κ2) is 6.37. The van der Waals surface area contributed by atoms with Gasteiger partial charge >= 0.3 is 0 Å². The number of hydrogen-bond acceptors (Lipinski definition) is 2. The van der Waals surface area contributed by atoms with E-state index >= 15 is 0 Å². The van der Waals surface area contributed by atoms with Crippen LogP contribution in [0.15, 0.2) is 36.5 Å². The SMILES string of the molecule is C[C@]12CC[C@@H]3[C@@H](CCC4=CC(O)C(=O)C[C@@]43C)[C@@H]1CC(C=CF)(C=CF)C2. The molecule has 3 saturated carbocycles. The summed E-state index contributed by atoms with van der Waals surface area (Å²) in [4.78, 5) is 12.3. The summed E-state index contributed by atoms with van der Waals surface area (Å²) < 4.78 is 26.2. The molecule has 4 rings (SSSR count). The standard InChI is InChI=1S/C23H30F2O2/c1-21-6-5-17-16(18(21)12-23(14-21,7-9-24)8-10-25)4-3-15-11-19(26)20(27)13-22(15,17)2/h7-11,16-19,26H,3-6,12-14H2,1-2H3/t16-,17-,18+,19?,21-,22+,23?/m1/s1. The van der Waals surface area contributed by atoms with E-state index in [-0.39, 0.29) is 16.6 Å². The molecule has 6 atom stereocenters. The topological polar surface area (TPSA) is 37.3 Å². The largest absolute Gasteiger partial charge is 0.381 e. The van der Waals surface area contributed by atoms with Gasteiger partial charge in [-0.15, -0.1) is 0 Å². The normalized spacial score (nSPS) is 49.8. The summed E-state index contributed by atoms with van der Waals surface area (Å²) in [5, 5.41) is 9.99. The maximum atomic E-state index is 13.1. The Balaban J connectivity index is 1.69. The van der Waals surface area contributed by atoms with Gasteiger partial charge in [0.15, 0.2) is 5.78 Å². The molecule has 4 aliphatic carbocycles. The van der Waals surface area contributed by atoms with E-state index in [1.165, 1.54) is 17.7 Å². The van der Waals surface area contributed by atoms with Crippen LogP contribution in [0.25, 0.3) is 0 Å². The predicted octanol–water partition coefficient (Wildman–Crippen LogP) is 5.44. The number of halogens is 2. The van der Waals surface area contributed by atoms with Crippen LogP contribution in [0.3, 0.4) is 0 Å². The molecule has 0 aromatic heterocycles. The van der Waals surface area contributed by atoms with E-state index < -0.39 is 11.5 Å². The van der Waals surface area contributed by atoms with E-state index in [1.54, 1.807) is 6.08 Å². The number of ketones is 1. The molecule has 4 heteroatoms. The number of aliphatic hydroxyl groups is 1. The maximum Gasteiger partial charge on any atom is 0.166 e. The van der Waals surface area contributed by atoms with Gasteiger partial charge in [0.2, 0.25) is 0 Å². The molecule has 0 saturated heterocycles. The zero-order chi connectivity index (χ0) is 19.4. The van der Waals surface area contributed by atoms with Crippen LogP contribution >= 0.6 is 0 Å². The van der Waals surface area contributed by atoms with Crippen molar-refractivity contribution in [3.63, 3.8) is 0 Å². The molecular weight excluding hydrogens is 346 g/mol. The number of carbonyl (C=O) groups excluding carboxylic acids is 1.